The van der Waals surface area contributed by atoms with Gasteiger partial charge in [0.15, 0.2) is 0 Å². The summed E-state index contributed by atoms with van der Waals surface area (Å²) in [5, 5.41) is 8.33. The summed E-state index contributed by atoms with van der Waals surface area (Å²) in [7, 11) is 0. The van der Waals surface area contributed by atoms with Crippen LogP contribution in [0.3, 0.4) is 0 Å². The number of anilines is 1. The molecule has 1 spiro atoms. The molecule has 2 fully saturated rings. The molecule has 1 aromatic rings. The SMILES string of the molecule is C=CC(=O)Nc1cccc(C(=O)NC2C(=O)NCC23CCN(C(=O)OC(C)(C)C)CC3)c1. The number of likely N-dealkylation sites (tertiary alicyclic amines) is 1. The average Bonchev–Trinajstić information content (AvgIpc) is 3.02. The third-order valence-corrected chi connectivity index (χ3v) is 5.75. The summed E-state index contributed by atoms with van der Waals surface area (Å²) < 4.78 is 5.44. The molecule has 0 radical (unpaired) electrons. The summed E-state index contributed by atoms with van der Waals surface area (Å²) >= 11 is 0. The van der Waals surface area contributed by atoms with Crippen molar-refractivity contribution >= 4 is 29.5 Å². The van der Waals surface area contributed by atoms with Gasteiger partial charge in [-0.25, -0.2) is 4.79 Å². The van der Waals surface area contributed by atoms with Crippen LogP contribution in [0.5, 0.6) is 0 Å². The Morgan fingerprint density at radius 1 is 1.25 bits per heavy atom. The van der Waals surface area contributed by atoms with Crippen LogP contribution in [-0.4, -0.2) is 60.0 Å². The van der Waals surface area contributed by atoms with Gasteiger partial charge in [0.05, 0.1) is 0 Å². The zero-order valence-electron chi connectivity index (χ0n) is 18.7. The van der Waals surface area contributed by atoms with Crippen LogP contribution in [0.15, 0.2) is 36.9 Å². The van der Waals surface area contributed by atoms with Crippen LogP contribution < -0.4 is 16.0 Å². The fraction of sp³-hybridized carbons (Fsp3) is 0.478. The quantitative estimate of drug-likeness (QED) is 0.617. The van der Waals surface area contributed by atoms with Crippen LogP contribution in [0.1, 0.15) is 44.0 Å². The summed E-state index contributed by atoms with van der Waals surface area (Å²) in [5.41, 5.74) is -0.264. The molecule has 1 aromatic carbocycles. The number of amides is 4. The first-order valence-corrected chi connectivity index (χ1v) is 10.6. The Hall–Kier alpha value is -3.36. The van der Waals surface area contributed by atoms with Gasteiger partial charge in [-0.2, -0.15) is 0 Å². The Balaban J connectivity index is 1.67. The van der Waals surface area contributed by atoms with Crippen molar-refractivity contribution < 1.29 is 23.9 Å². The molecule has 2 aliphatic rings. The van der Waals surface area contributed by atoms with E-state index in [0.29, 0.717) is 43.7 Å². The number of hydrogen-bond donors (Lipinski definition) is 3. The molecule has 2 heterocycles. The van der Waals surface area contributed by atoms with Crippen molar-refractivity contribution in [3.05, 3.63) is 42.5 Å². The molecular formula is C23H30N4O5. The zero-order valence-corrected chi connectivity index (χ0v) is 18.7. The normalized spacial score (nSPS) is 19.8. The standard InChI is InChI=1S/C23H30N4O5/c1-5-17(28)25-16-8-6-7-15(13-16)19(29)26-18-20(30)24-14-23(18)9-11-27(12-10-23)21(31)32-22(2,3)4/h5-8,13,18H,1,9-12,14H2,2-4H3,(H,24,30)(H,25,28)(H,26,29). The lowest BCUT2D eigenvalue weighted by atomic mass is 9.74. The van der Waals surface area contributed by atoms with Crippen LogP contribution in [-0.2, 0) is 14.3 Å². The van der Waals surface area contributed by atoms with Crippen molar-refractivity contribution in [1.82, 2.24) is 15.5 Å². The molecule has 3 N–H and O–H groups in total. The van der Waals surface area contributed by atoms with E-state index in [1.54, 1.807) is 29.2 Å². The fourth-order valence-electron chi connectivity index (χ4n) is 4.04. The summed E-state index contributed by atoms with van der Waals surface area (Å²) in [5.74, 6) is -1.02. The van der Waals surface area contributed by atoms with Gasteiger partial charge < -0.3 is 25.6 Å². The van der Waals surface area contributed by atoms with Crippen LogP contribution >= 0.6 is 0 Å². The number of ether oxygens (including phenoxy) is 1. The number of hydrogen-bond acceptors (Lipinski definition) is 5. The molecular weight excluding hydrogens is 412 g/mol. The van der Waals surface area contributed by atoms with Gasteiger partial charge in [-0.15, -0.1) is 0 Å². The lowest BCUT2D eigenvalue weighted by molar-refractivity contribution is -0.122. The maximum atomic E-state index is 12.9. The Morgan fingerprint density at radius 3 is 2.56 bits per heavy atom. The Labute approximate surface area is 187 Å². The van der Waals surface area contributed by atoms with Crippen molar-refractivity contribution in [3.63, 3.8) is 0 Å². The summed E-state index contributed by atoms with van der Waals surface area (Å²) in [6.45, 7) is 10.2. The summed E-state index contributed by atoms with van der Waals surface area (Å²) in [6, 6.07) is 5.76. The maximum Gasteiger partial charge on any atom is 0.410 e. The van der Waals surface area contributed by atoms with Crippen LogP contribution in [0.4, 0.5) is 10.5 Å². The molecule has 0 aliphatic carbocycles. The molecule has 9 heteroatoms. The Bertz CT molecular complexity index is 929. The van der Waals surface area contributed by atoms with Gasteiger partial charge in [0.2, 0.25) is 11.8 Å². The molecule has 0 aromatic heterocycles. The Morgan fingerprint density at radius 2 is 1.94 bits per heavy atom. The highest BCUT2D eigenvalue weighted by Gasteiger charge is 2.51. The second-order valence-corrected chi connectivity index (χ2v) is 9.23. The van der Waals surface area contributed by atoms with E-state index in [2.05, 4.69) is 22.5 Å². The molecule has 2 aliphatic heterocycles. The first-order chi connectivity index (χ1) is 15.0. The van der Waals surface area contributed by atoms with Crippen molar-refractivity contribution in [2.24, 2.45) is 5.41 Å². The number of rotatable bonds is 4. The highest BCUT2D eigenvalue weighted by atomic mass is 16.6. The molecule has 3 rings (SSSR count). The average molecular weight is 443 g/mol. The van der Waals surface area contributed by atoms with Crippen LogP contribution in [0, 0.1) is 5.41 Å². The third kappa shape index (κ3) is 5.27. The summed E-state index contributed by atoms with van der Waals surface area (Å²) in [6.07, 6.45) is 1.89. The predicted octanol–water partition coefficient (Wildman–Crippen LogP) is 2.06. The van der Waals surface area contributed by atoms with E-state index in [1.807, 2.05) is 20.8 Å². The van der Waals surface area contributed by atoms with Gasteiger partial charge >= 0.3 is 6.09 Å². The van der Waals surface area contributed by atoms with E-state index in [4.69, 9.17) is 4.74 Å². The van der Waals surface area contributed by atoms with Crippen LogP contribution in [0.25, 0.3) is 0 Å². The molecule has 0 saturated carbocycles. The molecule has 9 nitrogen and oxygen atoms in total. The molecule has 2 saturated heterocycles. The number of piperidine rings is 1. The Kier molecular flexibility index (Phi) is 6.57. The number of carbonyl (C=O) groups is 4. The minimum atomic E-state index is -0.706. The monoisotopic (exact) mass is 442 g/mol. The van der Waals surface area contributed by atoms with Gasteiger partial charge in [0.25, 0.3) is 5.91 Å². The van der Waals surface area contributed by atoms with Gasteiger partial charge in [0, 0.05) is 36.3 Å². The van der Waals surface area contributed by atoms with E-state index in [9.17, 15) is 19.2 Å². The third-order valence-electron chi connectivity index (χ3n) is 5.75. The number of benzene rings is 1. The second-order valence-electron chi connectivity index (χ2n) is 9.23. The molecule has 1 atom stereocenters. The minimum absolute atomic E-state index is 0.236. The molecule has 32 heavy (non-hydrogen) atoms. The van der Waals surface area contributed by atoms with Crippen molar-refractivity contribution in [3.8, 4) is 0 Å². The van der Waals surface area contributed by atoms with Crippen molar-refractivity contribution in [1.29, 1.82) is 0 Å². The van der Waals surface area contributed by atoms with Gasteiger partial charge in [-0.3, -0.25) is 14.4 Å². The van der Waals surface area contributed by atoms with E-state index in [0.717, 1.165) is 6.08 Å². The lowest BCUT2D eigenvalue weighted by Crippen LogP contribution is -2.54. The van der Waals surface area contributed by atoms with E-state index < -0.39 is 23.0 Å². The zero-order chi connectivity index (χ0) is 23.5. The first kappa shape index (κ1) is 23.3. The van der Waals surface area contributed by atoms with Gasteiger partial charge in [-0.05, 0) is 57.9 Å². The van der Waals surface area contributed by atoms with Gasteiger partial charge in [-0.1, -0.05) is 12.6 Å². The van der Waals surface area contributed by atoms with Crippen molar-refractivity contribution in [2.75, 3.05) is 25.0 Å². The topological polar surface area (TPSA) is 117 Å². The molecule has 172 valence electrons. The maximum absolute atomic E-state index is 12.9. The fourth-order valence-corrected chi connectivity index (χ4v) is 4.04. The molecule has 0 bridgehead atoms. The van der Waals surface area contributed by atoms with Crippen molar-refractivity contribution in [2.45, 2.75) is 45.3 Å². The minimum Gasteiger partial charge on any atom is -0.444 e. The lowest BCUT2D eigenvalue weighted by Gasteiger charge is -2.41. The second kappa shape index (κ2) is 9.02. The highest BCUT2D eigenvalue weighted by Crippen LogP contribution is 2.38. The van der Waals surface area contributed by atoms with E-state index in [-0.39, 0.29) is 17.9 Å². The largest absolute Gasteiger partial charge is 0.444 e. The van der Waals surface area contributed by atoms with Gasteiger partial charge in [0.1, 0.15) is 11.6 Å². The predicted molar refractivity (Wildman–Crippen MR) is 119 cm³/mol. The van der Waals surface area contributed by atoms with E-state index in [1.165, 1.54) is 0 Å². The van der Waals surface area contributed by atoms with E-state index >= 15 is 0 Å². The number of nitrogens with zero attached hydrogens (tertiary/aromatic N) is 1. The number of nitrogens with one attached hydrogen (secondary N) is 3. The molecule has 4 amide bonds. The highest BCUT2D eigenvalue weighted by molar-refractivity contribution is 6.02. The van der Waals surface area contributed by atoms with Crippen LogP contribution in [0.2, 0.25) is 0 Å². The molecule has 1 unspecified atom stereocenters. The smallest absolute Gasteiger partial charge is 0.410 e. The summed E-state index contributed by atoms with van der Waals surface area (Å²) in [4.78, 5) is 51.0. The number of carbonyl (C=O) groups excluding carboxylic acids is 4. The first-order valence-electron chi connectivity index (χ1n) is 10.6.